The highest BCUT2D eigenvalue weighted by atomic mass is 31.2. The predicted molar refractivity (Wildman–Crippen MR) is 361 cm³/mol. The Bertz CT molecular complexity index is 1860. The minimum absolute atomic E-state index is 0.0150. The van der Waals surface area contributed by atoms with Crippen LogP contribution in [0.2, 0.25) is 0 Å². The van der Waals surface area contributed by atoms with E-state index in [4.69, 9.17) is 9.05 Å². The molecule has 0 bridgehead atoms. The van der Waals surface area contributed by atoms with Gasteiger partial charge in [0, 0.05) is 6.42 Å². The number of nitrogens with one attached hydrogen (secondary N) is 1. The van der Waals surface area contributed by atoms with Gasteiger partial charge in [-0.15, -0.1) is 0 Å². The summed E-state index contributed by atoms with van der Waals surface area (Å²) in [6, 6.07) is -0.920. The quantitative estimate of drug-likeness (QED) is 0.0272. The number of phosphoric ester groups is 1. The summed E-state index contributed by atoms with van der Waals surface area (Å²) in [4.78, 5) is 25.6. The van der Waals surface area contributed by atoms with Crippen LogP contribution in [-0.2, 0) is 18.4 Å². The zero-order valence-electron chi connectivity index (χ0n) is 54.1. The van der Waals surface area contributed by atoms with Crippen molar-refractivity contribution in [3.8, 4) is 0 Å². The lowest BCUT2D eigenvalue weighted by Gasteiger charge is -2.29. The summed E-state index contributed by atoms with van der Waals surface area (Å²) in [5.41, 5.74) is 0. The first-order chi connectivity index (χ1) is 40.5. The number of phosphoric acid groups is 1. The van der Waals surface area contributed by atoms with E-state index in [0.29, 0.717) is 17.4 Å². The summed E-state index contributed by atoms with van der Waals surface area (Å²) >= 11 is 0. The molecule has 9 heteroatoms. The van der Waals surface area contributed by atoms with Crippen molar-refractivity contribution in [1.82, 2.24) is 5.32 Å². The number of allylic oxidation sites excluding steroid dienone is 23. The molecular formula is C74H127N2O6P. The van der Waals surface area contributed by atoms with Gasteiger partial charge in [-0.25, -0.2) is 0 Å². The second-order valence-corrected chi connectivity index (χ2v) is 24.8. The maximum absolute atomic E-state index is 13.0. The molecule has 0 radical (unpaired) electrons. The van der Waals surface area contributed by atoms with Crippen molar-refractivity contribution in [3.05, 3.63) is 146 Å². The number of amides is 1. The minimum Gasteiger partial charge on any atom is -0.756 e. The Morgan fingerprint density at radius 3 is 1.12 bits per heavy atom. The number of nitrogens with zero attached hydrogens (tertiary/aromatic N) is 1. The first-order valence-corrected chi connectivity index (χ1v) is 35.2. The van der Waals surface area contributed by atoms with Crippen LogP contribution in [0.4, 0.5) is 0 Å². The SMILES string of the molecule is CC/C=C\C/C=C\C/C=C\C/C=C\C/C=C\C/C=C\C/C=C\C/C=C\C/C=C\CCCCCCCCCCCCCCCC(=O)NC(COP(=O)([O-])OCC[N+](C)(C)C)C(O)/C=C/CC/C=C/CC/C=C/CCCCCCCCCCCC. The molecule has 3 atom stereocenters. The first-order valence-electron chi connectivity index (χ1n) is 33.7. The van der Waals surface area contributed by atoms with Gasteiger partial charge in [-0.05, 0) is 116 Å². The van der Waals surface area contributed by atoms with E-state index in [1.807, 2.05) is 27.2 Å². The van der Waals surface area contributed by atoms with Gasteiger partial charge in [0.15, 0.2) is 0 Å². The van der Waals surface area contributed by atoms with E-state index in [1.54, 1.807) is 6.08 Å². The van der Waals surface area contributed by atoms with E-state index in [-0.39, 0.29) is 12.5 Å². The summed E-state index contributed by atoms with van der Waals surface area (Å²) in [5.74, 6) is -0.217. The van der Waals surface area contributed by atoms with Crippen molar-refractivity contribution in [2.24, 2.45) is 0 Å². The highest BCUT2D eigenvalue weighted by Crippen LogP contribution is 2.38. The topological polar surface area (TPSA) is 108 Å². The molecule has 0 aliphatic rings. The summed E-state index contributed by atoms with van der Waals surface area (Å²) in [6.07, 6.45) is 96.7. The highest BCUT2D eigenvalue weighted by molar-refractivity contribution is 7.45. The van der Waals surface area contributed by atoms with Crippen LogP contribution in [-0.4, -0.2) is 68.5 Å². The number of quaternary nitrogens is 1. The number of rotatable bonds is 60. The smallest absolute Gasteiger partial charge is 0.268 e. The van der Waals surface area contributed by atoms with Gasteiger partial charge in [-0.3, -0.25) is 9.36 Å². The molecule has 0 aromatic heterocycles. The molecule has 0 aliphatic heterocycles. The molecule has 0 rings (SSSR count). The Balaban J connectivity index is 4.12. The van der Waals surface area contributed by atoms with Gasteiger partial charge in [0.1, 0.15) is 13.2 Å². The summed E-state index contributed by atoms with van der Waals surface area (Å²) < 4.78 is 23.4. The van der Waals surface area contributed by atoms with E-state index in [2.05, 4.69) is 153 Å². The molecule has 1 amide bonds. The monoisotopic (exact) mass is 1170 g/mol. The molecule has 474 valence electrons. The molecule has 0 spiro atoms. The van der Waals surface area contributed by atoms with Gasteiger partial charge in [0.2, 0.25) is 5.91 Å². The predicted octanol–water partition coefficient (Wildman–Crippen LogP) is 21.0. The van der Waals surface area contributed by atoms with Crippen LogP contribution in [0.1, 0.15) is 264 Å². The third-order valence-corrected chi connectivity index (χ3v) is 15.2. The van der Waals surface area contributed by atoms with Crippen molar-refractivity contribution < 1.29 is 32.9 Å². The summed E-state index contributed by atoms with van der Waals surface area (Å²) in [7, 11) is 1.22. The van der Waals surface area contributed by atoms with Crippen LogP contribution in [0.3, 0.4) is 0 Å². The number of likely N-dealkylation sites (N-methyl/N-ethyl adjacent to an activating group) is 1. The van der Waals surface area contributed by atoms with Crippen LogP contribution in [0.25, 0.3) is 0 Å². The fraction of sp³-hybridized carbons (Fsp3) is 0.662. The normalized spacial score (nSPS) is 14.6. The third-order valence-electron chi connectivity index (χ3n) is 14.3. The van der Waals surface area contributed by atoms with Crippen molar-refractivity contribution in [2.75, 3.05) is 40.9 Å². The Morgan fingerprint density at radius 2 is 0.747 bits per heavy atom. The minimum atomic E-state index is -4.62. The van der Waals surface area contributed by atoms with Crippen LogP contribution in [0.15, 0.2) is 146 Å². The lowest BCUT2D eigenvalue weighted by molar-refractivity contribution is -0.870. The molecule has 83 heavy (non-hydrogen) atoms. The molecule has 0 aliphatic carbocycles. The molecule has 0 fully saturated rings. The number of carbonyl (C=O) groups is 1. The maximum atomic E-state index is 13.0. The average molecular weight is 1170 g/mol. The summed E-state index contributed by atoms with van der Waals surface area (Å²) in [6.45, 7) is 4.50. The van der Waals surface area contributed by atoms with Crippen LogP contribution < -0.4 is 10.2 Å². The van der Waals surface area contributed by atoms with Crippen LogP contribution in [0.5, 0.6) is 0 Å². The fourth-order valence-electron chi connectivity index (χ4n) is 9.06. The van der Waals surface area contributed by atoms with E-state index < -0.39 is 26.6 Å². The van der Waals surface area contributed by atoms with Crippen molar-refractivity contribution in [1.29, 1.82) is 0 Å². The zero-order valence-corrected chi connectivity index (χ0v) is 55.0. The van der Waals surface area contributed by atoms with Gasteiger partial charge in [0.25, 0.3) is 7.82 Å². The Kier molecular flexibility index (Phi) is 60.2. The van der Waals surface area contributed by atoms with Gasteiger partial charge in [0.05, 0.1) is 39.9 Å². The van der Waals surface area contributed by atoms with E-state index in [1.165, 1.54) is 141 Å². The molecule has 0 aromatic rings. The fourth-order valence-corrected chi connectivity index (χ4v) is 9.78. The maximum Gasteiger partial charge on any atom is 0.268 e. The van der Waals surface area contributed by atoms with Crippen molar-refractivity contribution in [3.63, 3.8) is 0 Å². The number of hydrogen-bond donors (Lipinski definition) is 2. The van der Waals surface area contributed by atoms with Crippen molar-refractivity contribution >= 4 is 13.7 Å². The molecule has 0 saturated heterocycles. The Labute approximate surface area is 512 Å². The van der Waals surface area contributed by atoms with Gasteiger partial charge < -0.3 is 28.8 Å². The third kappa shape index (κ3) is 65.8. The molecular weight excluding hydrogens is 1040 g/mol. The van der Waals surface area contributed by atoms with E-state index in [0.717, 1.165) is 103 Å². The molecule has 3 unspecified atom stereocenters. The van der Waals surface area contributed by atoms with E-state index >= 15 is 0 Å². The molecule has 0 saturated carbocycles. The number of carbonyl (C=O) groups excluding carboxylic acids is 1. The second kappa shape index (κ2) is 62.9. The van der Waals surface area contributed by atoms with Crippen LogP contribution >= 0.6 is 7.82 Å². The number of aliphatic hydroxyl groups is 1. The summed E-state index contributed by atoms with van der Waals surface area (Å²) in [5, 5.41) is 13.9. The number of aliphatic hydroxyl groups excluding tert-OH is 1. The Morgan fingerprint density at radius 1 is 0.434 bits per heavy atom. The number of hydrogen-bond acceptors (Lipinski definition) is 6. The second-order valence-electron chi connectivity index (χ2n) is 23.4. The van der Waals surface area contributed by atoms with Crippen LogP contribution in [0, 0.1) is 0 Å². The lowest BCUT2D eigenvalue weighted by atomic mass is 10.0. The zero-order chi connectivity index (χ0) is 60.5. The lowest BCUT2D eigenvalue weighted by Crippen LogP contribution is -2.45. The molecule has 0 aromatic carbocycles. The molecule has 8 nitrogen and oxygen atoms in total. The molecule has 2 N–H and O–H groups in total. The largest absolute Gasteiger partial charge is 0.756 e. The average Bonchev–Trinajstić information content (AvgIpc) is 3.49. The van der Waals surface area contributed by atoms with Gasteiger partial charge in [-0.1, -0.05) is 288 Å². The number of unbranched alkanes of at least 4 members (excludes halogenated alkanes) is 25. The highest BCUT2D eigenvalue weighted by Gasteiger charge is 2.23. The van der Waals surface area contributed by atoms with Gasteiger partial charge >= 0.3 is 0 Å². The van der Waals surface area contributed by atoms with Crippen molar-refractivity contribution in [2.45, 2.75) is 276 Å². The Hall–Kier alpha value is -3.62. The van der Waals surface area contributed by atoms with E-state index in [9.17, 15) is 19.4 Å². The first kappa shape index (κ1) is 79.4. The van der Waals surface area contributed by atoms with Gasteiger partial charge in [-0.2, -0.15) is 0 Å². The molecule has 0 heterocycles. The standard InChI is InChI=1S/C74H127N2O6P/c1-6-8-10-12-14-16-18-20-22-24-26-28-29-30-31-32-33-34-35-36-37-38-39-40-41-42-43-44-45-46-47-48-50-52-54-56-58-60-62-64-66-68-74(78)75-72(71-82-83(79,80)81-70-69-76(3,4)5)73(77)67-65-63-61-59-57-55-53-51-49-27-25-23-21-19-17-15-13-11-9-7-2/h8,10,14,16,20,22,26,28,30-31,33-34,36-37,39-40,42-43,49,51,57,59,65,67,72-73,77H,6-7,9,11-13,15,17-19,21,23-25,27,29,32,35,38,41,44-48,50,52-56,58,60-64,66,68-71H2,1-5H3,(H-,75,78,79,80)/b10-8-,16-14-,22-20-,28-26-,31-30-,34-33-,37-36-,40-39-,43-42-,51-49+,59-57+,67-65+.